The number of anilines is 1. The first kappa shape index (κ1) is 22.9. The molecule has 0 unspecified atom stereocenters. The number of sulfonamides is 2. The zero-order valence-corrected chi connectivity index (χ0v) is 19.8. The summed E-state index contributed by atoms with van der Waals surface area (Å²) >= 11 is 0. The van der Waals surface area contributed by atoms with Gasteiger partial charge in [0.05, 0.1) is 9.79 Å². The molecule has 2 aromatic carbocycles. The van der Waals surface area contributed by atoms with Gasteiger partial charge in [0, 0.05) is 30.9 Å². The molecule has 10 heteroatoms. The molecule has 0 aliphatic carbocycles. The lowest BCUT2D eigenvalue weighted by Crippen LogP contribution is -2.35. The zero-order chi connectivity index (χ0) is 23.1. The number of fused-ring (bicyclic) bond motifs is 1. The van der Waals surface area contributed by atoms with Crippen LogP contribution in [0.1, 0.15) is 40.7 Å². The van der Waals surface area contributed by atoms with Crippen LogP contribution < -0.4 is 9.62 Å². The van der Waals surface area contributed by atoms with Crippen LogP contribution in [0.5, 0.6) is 0 Å². The van der Waals surface area contributed by atoms with Crippen molar-refractivity contribution in [2.75, 3.05) is 31.6 Å². The molecular weight excluding hydrogens is 450 g/mol. The summed E-state index contributed by atoms with van der Waals surface area (Å²) in [6, 6.07) is 9.37. The molecule has 32 heavy (non-hydrogen) atoms. The standard InChI is InChI=1S/C22H27N3O5S2/c1-16-6-7-18(31(27,28)23-2)15-20(16)22(26)25-13-10-17-14-19(8-9-21(17)25)32(29,30)24-11-4-3-5-12-24/h6-9,14-15,23H,3-5,10-13H2,1-2H3. The smallest absolute Gasteiger partial charge is 0.258 e. The Bertz CT molecular complexity index is 1270. The van der Waals surface area contributed by atoms with Crippen molar-refractivity contribution in [3.05, 3.63) is 53.1 Å². The van der Waals surface area contributed by atoms with Crippen molar-refractivity contribution in [2.24, 2.45) is 0 Å². The Labute approximate surface area is 189 Å². The van der Waals surface area contributed by atoms with Crippen molar-refractivity contribution in [3.63, 3.8) is 0 Å². The second kappa shape index (κ2) is 8.58. The van der Waals surface area contributed by atoms with Gasteiger partial charge in [-0.25, -0.2) is 21.6 Å². The van der Waals surface area contributed by atoms with E-state index in [0.29, 0.717) is 42.9 Å². The van der Waals surface area contributed by atoms with E-state index in [1.807, 2.05) is 0 Å². The van der Waals surface area contributed by atoms with Crippen LogP contribution in [-0.4, -0.2) is 53.7 Å². The van der Waals surface area contributed by atoms with Gasteiger partial charge in [-0.1, -0.05) is 12.5 Å². The molecule has 1 amide bonds. The Morgan fingerprint density at radius 1 is 0.906 bits per heavy atom. The Morgan fingerprint density at radius 3 is 2.28 bits per heavy atom. The predicted molar refractivity (Wildman–Crippen MR) is 122 cm³/mol. The molecule has 0 bridgehead atoms. The first-order chi connectivity index (χ1) is 15.1. The van der Waals surface area contributed by atoms with Gasteiger partial charge in [-0.2, -0.15) is 4.31 Å². The van der Waals surface area contributed by atoms with E-state index in [4.69, 9.17) is 0 Å². The van der Waals surface area contributed by atoms with Gasteiger partial charge in [-0.05, 0) is 74.7 Å². The molecule has 1 fully saturated rings. The summed E-state index contributed by atoms with van der Waals surface area (Å²) in [7, 11) is -5.91. The summed E-state index contributed by atoms with van der Waals surface area (Å²) in [6.07, 6.45) is 3.32. The number of hydrogen-bond acceptors (Lipinski definition) is 5. The van der Waals surface area contributed by atoms with Crippen LogP contribution in [0.2, 0.25) is 0 Å². The van der Waals surface area contributed by atoms with Gasteiger partial charge in [-0.15, -0.1) is 0 Å². The highest BCUT2D eigenvalue weighted by Gasteiger charge is 2.31. The third-order valence-electron chi connectivity index (χ3n) is 6.16. The third kappa shape index (κ3) is 4.07. The van der Waals surface area contributed by atoms with E-state index in [-0.39, 0.29) is 15.7 Å². The molecular formula is C22H27N3O5S2. The summed E-state index contributed by atoms with van der Waals surface area (Å²) < 4.78 is 54.2. The van der Waals surface area contributed by atoms with Gasteiger partial charge >= 0.3 is 0 Å². The number of rotatable bonds is 5. The fourth-order valence-corrected chi connectivity index (χ4v) is 6.59. The lowest BCUT2D eigenvalue weighted by Gasteiger charge is -2.26. The maximum Gasteiger partial charge on any atom is 0.258 e. The second-order valence-corrected chi connectivity index (χ2v) is 12.0. The van der Waals surface area contributed by atoms with Crippen LogP contribution in [0.3, 0.4) is 0 Å². The molecule has 8 nitrogen and oxygen atoms in total. The Hall–Kier alpha value is -2.27. The number of piperidine rings is 1. The number of aryl methyl sites for hydroxylation is 1. The van der Waals surface area contributed by atoms with Gasteiger partial charge < -0.3 is 4.90 Å². The summed E-state index contributed by atoms with van der Waals surface area (Å²) in [6.45, 7) is 3.24. The lowest BCUT2D eigenvalue weighted by atomic mass is 10.1. The Kier molecular flexibility index (Phi) is 6.15. The van der Waals surface area contributed by atoms with E-state index in [9.17, 15) is 21.6 Å². The summed E-state index contributed by atoms with van der Waals surface area (Å²) in [5, 5.41) is 0. The van der Waals surface area contributed by atoms with Gasteiger partial charge in [0.25, 0.3) is 5.91 Å². The number of benzene rings is 2. The zero-order valence-electron chi connectivity index (χ0n) is 18.2. The quantitative estimate of drug-likeness (QED) is 0.712. The highest BCUT2D eigenvalue weighted by Crippen LogP contribution is 2.33. The molecule has 1 N–H and O–H groups in total. The van der Waals surface area contributed by atoms with Crippen LogP contribution in [0.15, 0.2) is 46.2 Å². The first-order valence-electron chi connectivity index (χ1n) is 10.6. The number of carbonyl (C=O) groups excluding carboxylic acids is 1. The van der Waals surface area contributed by atoms with Crippen LogP contribution in [0, 0.1) is 6.92 Å². The highest BCUT2D eigenvalue weighted by molar-refractivity contribution is 7.89. The summed E-state index contributed by atoms with van der Waals surface area (Å²) in [5.74, 6) is -0.305. The SMILES string of the molecule is CNS(=O)(=O)c1ccc(C)c(C(=O)N2CCc3cc(S(=O)(=O)N4CCCCC4)ccc32)c1. The van der Waals surface area contributed by atoms with Crippen LogP contribution in [0.25, 0.3) is 0 Å². The van der Waals surface area contributed by atoms with E-state index in [1.165, 1.54) is 23.5 Å². The van der Waals surface area contributed by atoms with Crippen molar-refractivity contribution < 1.29 is 21.6 Å². The average Bonchev–Trinajstić information content (AvgIpc) is 3.22. The number of nitrogens with one attached hydrogen (secondary N) is 1. The largest absolute Gasteiger partial charge is 0.308 e. The minimum atomic E-state index is -3.68. The Morgan fingerprint density at radius 2 is 1.59 bits per heavy atom. The van der Waals surface area contributed by atoms with E-state index >= 15 is 0 Å². The van der Waals surface area contributed by atoms with Crippen LogP contribution in [0.4, 0.5) is 5.69 Å². The number of hydrogen-bond donors (Lipinski definition) is 1. The number of carbonyl (C=O) groups is 1. The van der Waals surface area contributed by atoms with Crippen LogP contribution >= 0.6 is 0 Å². The van der Waals surface area contributed by atoms with Gasteiger partial charge in [0.1, 0.15) is 0 Å². The molecule has 172 valence electrons. The maximum absolute atomic E-state index is 13.3. The predicted octanol–water partition coefficient (Wildman–Crippen LogP) is 2.28. The van der Waals surface area contributed by atoms with Crippen molar-refractivity contribution in [1.29, 1.82) is 0 Å². The highest BCUT2D eigenvalue weighted by atomic mass is 32.2. The van der Waals surface area contributed by atoms with Gasteiger partial charge in [0.15, 0.2) is 0 Å². The topological polar surface area (TPSA) is 104 Å². The van der Waals surface area contributed by atoms with Crippen LogP contribution in [-0.2, 0) is 26.5 Å². The minimum absolute atomic E-state index is 0.0244. The molecule has 2 aliphatic rings. The van der Waals surface area contributed by atoms with Crippen molar-refractivity contribution in [2.45, 2.75) is 42.4 Å². The van der Waals surface area contributed by atoms with Gasteiger partial charge in [0.2, 0.25) is 20.0 Å². The number of nitrogens with zero attached hydrogens (tertiary/aromatic N) is 2. The minimum Gasteiger partial charge on any atom is -0.308 e. The molecule has 0 aromatic heterocycles. The Balaban J connectivity index is 1.64. The normalized spacial score (nSPS) is 17.4. The van der Waals surface area contributed by atoms with E-state index < -0.39 is 20.0 Å². The van der Waals surface area contributed by atoms with E-state index in [1.54, 1.807) is 36.1 Å². The van der Waals surface area contributed by atoms with Gasteiger partial charge in [-0.3, -0.25) is 4.79 Å². The molecule has 0 spiro atoms. The number of amides is 1. The summed E-state index contributed by atoms with van der Waals surface area (Å²) in [5.41, 5.74) is 2.43. The first-order valence-corrected chi connectivity index (χ1v) is 13.6. The molecule has 0 saturated carbocycles. The lowest BCUT2D eigenvalue weighted by molar-refractivity contribution is 0.0988. The van der Waals surface area contributed by atoms with E-state index in [2.05, 4.69) is 4.72 Å². The molecule has 1 saturated heterocycles. The molecule has 0 radical (unpaired) electrons. The maximum atomic E-state index is 13.3. The molecule has 2 aliphatic heterocycles. The van der Waals surface area contributed by atoms with E-state index in [0.717, 1.165) is 24.8 Å². The summed E-state index contributed by atoms with van der Waals surface area (Å²) in [4.78, 5) is 15.2. The fourth-order valence-electron chi connectivity index (χ4n) is 4.27. The molecule has 4 rings (SSSR count). The monoisotopic (exact) mass is 477 g/mol. The third-order valence-corrected chi connectivity index (χ3v) is 9.47. The van der Waals surface area contributed by atoms with Crippen molar-refractivity contribution >= 4 is 31.6 Å². The average molecular weight is 478 g/mol. The van der Waals surface area contributed by atoms with Crippen molar-refractivity contribution in [3.8, 4) is 0 Å². The fraction of sp³-hybridized carbons (Fsp3) is 0.409. The molecule has 0 atom stereocenters. The molecule has 2 aromatic rings. The van der Waals surface area contributed by atoms with Crippen molar-refractivity contribution in [1.82, 2.24) is 9.03 Å². The molecule has 2 heterocycles. The second-order valence-electron chi connectivity index (χ2n) is 8.15.